The Balaban J connectivity index is 1.62. The number of alkyl halides is 1. The van der Waals surface area contributed by atoms with Gasteiger partial charge in [-0.15, -0.1) is 16.9 Å². The van der Waals surface area contributed by atoms with Gasteiger partial charge in [0.15, 0.2) is 6.80 Å². The fourth-order valence-electron chi connectivity index (χ4n) is 3.61. The standard InChI is InChI=1S/C20H22FN5O4S/c1-12-7-25(18-6-16(28)17(10-27)31-18)20(30)26(19(12)29)8-13-2-4-14(5-3-13)15-9-24(11-21)23-22-15/h2-5,7,9,16-18,27-28H,6,8,10-11H2,1H3/t16?,17-,18?/m1/s1/i21-1. The van der Waals surface area contributed by atoms with Gasteiger partial charge in [-0.05, 0) is 12.5 Å². The van der Waals surface area contributed by atoms with Gasteiger partial charge in [-0.3, -0.25) is 13.9 Å². The number of hydrogen-bond donors (Lipinski definition) is 2. The summed E-state index contributed by atoms with van der Waals surface area (Å²) in [6, 6.07) is 7.10. The molecule has 4 rings (SSSR count). The number of hydrogen-bond acceptors (Lipinski definition) is 7. The van der Waals surface area contributed by atoms with Crippen LogP contribution in [0.25, 0.3) is 11.3 Å². The molecule has 31 heavy (non-hydrogen) atoms. The molecule has 0 amide bonds. The van der Waals surface area contributed by atoms with Gasteiger partial charge in [0.05, 0.1) is 36.1 Å². The van der Waals surface area contributed by atoms with Crippen LogP contribution in [-0.2, 0) is 13.3 Å². The van der Waals surface area contributed by atoms with Crippen molar-refractivity contribution in [2.75, 3.05) is 6.61 Å². The number of aliphatic hydroxyl groups is 2. The molecule has 164 valence electrons. The molecule has 3 atom stereocenters. The summed E-state index contributed by atoms with van der Waals surface area (Å²) < 4.78 is 16.4. The first-order chi connectivity index (χ1) is 14.9. The van der Waals surface area contributed by atoms with E-state index in [4.69, 9.17) is 0 Å². The normalized spacial score (nSPS) is 21.0. The summed E-state index contributed by atoms with van der Waals surface area (Å²) in [5.74, 6) is 0. The first-order valence-corrected chi connectivity index (χ1v) is 10.7. The predicted octanol–water partition coefficient (Wildman–Crippen LogP) is 0.910. The van der Waals surface area contributed by atoms with Crippen molar-refractivity contribution in [1.82, 2.24) is 24.1 Å². The van der Waals surface area contributed by atoms with E-state index in [2.05, 4.69) is 10.3 Å². The number of rotatable bonds is 6. The summed E-state index contributed by atoms with van der Waals surface area (Å²) in [5, 5.41) is 26.3. The molecular formula is C20H22FN5O4S. The second-order valence-electron chi connectivity index (χ2n) is 7.47. The fourth-order valence-corrected chi connectivity index (χ4v) is 4.98. The summed E-state index contributed by atoms with van der Waals surface area (Å²) >= 11 is 1.33. The zero-order chi connectivity index (χ0) is 22.1. The van der Waals surface area contributed by atoms with Crippen molar-refractivity contribution in [2.24, 2.45) is 0 Å². The second kappa shape index (κ2) is 8.77. The van der Waals surface area contributed by atoms with E-state index in [1.54, 1.807) is 31.2 Å². The average Bonchev–Trinajstić information content (AvgIpc) is 3.40. The smallest absolute Gasteiger partial charge is 0.332 e. The lowest BCUT2D eigenvalue weighted by molar-refractivity contribution is 0.137. The maximum absolute atomic E-state index is 13.1. The Labute approximate surface area is 180 Å². The molecule has 9 nitrogen and oxygen atoms in total. The molecule has 1 aliphatic heterocycles. The lowest BCUT2D eigenvalue weighted by atomic mass is 10.1. The molecule has 0 radical (unpaired) electrons. The van der Waals surface area contributed by atoms with Crippen molar-refractivity contribution in [3.05, 3.63) is 68.6 Å². The summed E-state index contributed by atoms with van der Waals surface area (Å²) in [7, 11) is 0. The summed E-state index contributed by atoms with van der Waals surface area (Å²) in [4.78, 5) is 25.7. The zero-order valence-corrected chi connectivity index (χ0v) is 17.6. The molecule has 0 aliphatic carbocycles. The van der Waals surface area contributed by atoms with Crippen LogP contribution in [0.5, 0.6) is 0 Å². The Morgan fingerprint density at radius 3 is 2.58 bits per heavy atom. The summed E-state index contributed by atoms with van der Waals surface area (Å²) in [6.07, 6.45) is 2.62. The third-order valence-electron chi connectivity index (χ3n) is 5.31. The Bertz CT molecular complexity index is 1190. The highest BCUT2D eigenvalue weighted by atomic mass is 32.2. The Morgan fingerprint density at radius 2 is 1.97 bits per heavy atom. The van der Waals surface area contributed by atoms with E-state index in [-0.39, 0.29) is 29.3 Å². The van der Waals surface area contributed by atoms with Gasteiger partial charge < -0.3 is 10.2 Å². The predicted molar refractivity (Wildman–Crippen MR) is 113 cm³/mol. The third-order valence-corrected chi connectivity index (χ3v) is 6.86. The maximum Gasteiger partial charge on any atom is 0.332 e. The Hall–Kier alpha value is -2.76. The fraction of sp³-hybridized carbons (Fsp3) is 0.400. The molecule has 1 saturated heterocycles. The van der Waals surface area contributed by atoms with Gasteiger partial charge in [-0.1, -0.05) is 29.5 Å². The molecule has 11 heteroatoms. The van der Waals surface area contributed by atoms with Crippen LogP contribution in [0.1, 0.15) is 22.9 Å². The highest BCUT2D eigenvalue weighted by Crippen LogP contribution is 2.40. The van der Waals surface area contributed by atoms with E-state index in [1.165, 1.54) is 33.3 Å². The van der Waals surface area contributed by atoms with E-state index in [9.17, 15) is 24.2 Å². The van der Waals surface area contributed by atoms with Crippen LogP contribution >= 0.6 is 11.8 Å². The van der Waals surface area contributed by atoms with Crippen LogP contribution < -0.4 is 11.2 Å². The number of benzene rings is 1. The van der Waals surface area contributed by atoms with Gasteiger partial charge in [-0.25, -0.2) is 13.9 Å². The van der Waals surface area contributed by atoms with Crippen molar-refractivity contribution < 1.29 is 14.6 Å². The van der Waals surface area contributed by atoms with Gasteiger partial charge in [0.2, 0.25) is 0 Å². The van der Waals surface area contributed by atoms with Crippen LogP contribution in [-0.4, -0.2) is 52.3 Å². The minimum atomic E-state index is -0.761. The molecular weight excluding hydrogens is 424 g/mol. The van der Waals surface area contributed by atoms with E-state index in [0.29, 0.717) is 17.7 Å². The SMILES string of the molecule is Cc1cn(C2CC(O)[C@@H](CO)S2)c(=O)n(Cc2ccc(-c3cn(C[18F])nn3)cc2)c1=O. The Morgan fingerprint density at radius 1 is 1.23 bits per heavy atom. The van der Waals surface area contributed by atoms with E-state index in [0.717, 1.165) is 15.8 Å². The van der Waals surface area contributed by atoms with Crippen molar-refractivity contribution in [3.63, 3.8) is 0 Å². The van der Waals surface area contributed by atoms with Crippen LogP contribution in [0.3, 0.4) is 0 Å². The molecule has 0 bridgehead atoms. The quantitative estimate of drug-likeness (QED) is 0.578. The lowest BCUT2D eigenvalue weighted by Gasteiger charge is -2.17. The summed E-state index contributed by atoms with van der Waals surface area (Å²) in [6.45, 7) is 0.788. The number of aliphatic hydroxyl groups excluding tert-OH is 2. The molecule has 0 saturated carbocycles. The lowest BCUT2D eigenvalue weighted by Crippen LogP contribution is -2.41. The van der Waals surface area contributed by atoms with E-state index < -0.39 is 18.6 Å². The molecule has 1 aliphatic rings. The number of thioether (sulfide) groups is 1. The first-order valence-electron chi connectivity index (χ1n) is 9.73. The van der Waals surface area contributed by atoms with Crippen molar-refractivity contribution in [3.8, 4) is 11.3 Å². The largest absolute Gasteiger partial charge is 0.395 e. The molecule has 2 aromatic heterocycles. The van der Waals surface area contributed by atoms with Gasteiger partial charge in [0.25, 0.3) is 5.56 Å². The molecule has 1 fully saturated rings. The number of nitrogens with zero attached hydrogens (tertiary/aromatic N) is 5. The van der Waals surface area contributed by atoms with Crippen LogP contribution in [0, 0.1) is 6.92 Å². The minimum absolute atomic E-state index is 0.0835. The molecule has 2 N–H and O–H groups in total. The van der Waals surface area contributed by atoms with E-state index in [1.807, 2.05) is 0 Å². The number of aromatic nitrogens is 5. The van der Waals surface area contributed by atoms with Crippen molar-refractivity contribution in [1.29, 1.82) is 0 Å². The monoisotopic (exact) mass is 446 g/mol. The minimum Gasteiger partial charge on any atom is -0.395 e. The molecule has 1 aromatic carbocycles. The Kier molecular flexibility index (Phi) is 6.08. The number of halogens is 1. The van der Waals surface area contributed by atoms with Crippen molar-refractivity contribution in [2.45, 2.75) is 43.4 Å². The number of aryl methyl sites for hydroxylation is 1. The van der Waals surface area contributed by atoms with Crippen LogP contribution in [0.15, 0.2) is 46.2 Å². The third kappa shape index (κ3) is 4.21. The second-order valence-corrected chi connectivity index (χ2v) is 8.89. The highest BCUT2D eigenvalue weighted by molar-refractivity contribution is 8.00. The maximum atomic E-state index is 13.1. The van der Waals surface area contributed by atoms with Gasteiger partial charge in [0, 0.05) is 23.7 Å². The zero-order valence-electron chi connectivity index (χ0n) is 16.8. The first kappa shape index (κ1) is 21.5. The molecule has 0 spiro atoms. The molecule has 3 aromatic rings. The molecule has 2 unspecified atom stereocenters. The van der Waals surface area contributed by atoms with Crippen LogP contribution in [0.2, 0.25) is 0 Å². The molecule has 3 heterocycles. The summed E-state index contributed by atoms with van der Waals surface area (Å²) in [5.41, 5.74) is 1.58. The van der Waals surface area contributed by atoms with Gasteiger partial charge in [0.1, 0.15) is 5.69 Å². The highest BCUT2D eigenvalue weighted by Gasteiger charge is 2.35. The average molecular weight is 446 g/mol. The van der Waals surface area contributed by atoms with Crippen molar-refractivity contribution >= 4 is 11.8 Å². The van der Waals surface area contributed by atoms with Gasteiger partial charge >= 0.3 is 5.69 Å². The topological polar surface area (TPSA) is 115 Å². The van der Waals surface area contributed by atoms with Crippen LogP contribution in [0.4, 0.5) is 4.39 Å². The van der Waals surface area contributed by atoms with E-state index >= 15 is 0 Å². The van der Waals surface area contributed by atoms with Gasteiger partial charge in [-0.2, -0.15) is 0 Å².